The number of carbonyl (C=O) groups is 1. The third-order valence-corrected chi connectivity index (χ3v) is 5.32. The van der Waals surface area contributed by atoms with Crippen LogP contribution < -0.4 is 5.32 Å². The molecule has 2 heterocycles. The molecule has 0 saturated carbocycles. The van der Waals surface area contributed by atoms with E-state index in [1.54, 1.807) is 16.7 Å². The van der Waals surface area contributed by atoms with Gasteiger partial charge in [-0.3, -0.25) is 4.79 Å². The SMILES string of the molecule is Cc1ccc(-c2nc(C(=O)NCc3ccc(Cl)cc3)cs2)s1. The van der Waals surface area contributed by atoms with E-state index in [2.05, 4.69) is 23.3 Å². The molecule has 3 nitrogen and oxygen atoms in total. The first-order chi connectivity index (χ1) is 10.6. The number of aromatic nitrogens is 1. The molecule has 0 spiro atoms. The Morgan fingerprint density at radius 1 is 1.23 bits per heavy atom. The number of aryl methyl sites for hydroxylation is 1. The van der Waals surface area contributed by atoms with E-state index in [0.717, 1.165) is 15.4 Å². The maximum atomic E-state index is 12.1. The van der Waals surface area contributed by atoms with Crippen molar-refractivity contribution in [1.29, 1.82) is 0 Å². The minimum Gasteiger partial charge on any atom is -0.347 e. The van der Waals surface area contributed by atoms with Crippen LogP contribution in [0.1, 0.15) is 20.9 Å². The number of nitrogens with one attached hydrogen (secondary N) is 1. The second-order valence-electron chi connectivity index (χ2n) is 4.76. The molecule has 2 aromatic heterocycles. The number of carbonyl (C=O) groups excluding carboxylic acids is 1. The van der Waals surface area contributed by atoms with E-state index >= 15 is 0 Å². The third kappa shape index (κ3) is 3.55. The number of thiazole rings is 1. The number of benzene rings is 1. The van der Waals surface area contributed by atoms with Crippen LogP contribution in [0.3, 0.4) is 0 Å². The molecule has 112 valence electrons. The Labute approximate surface area is 141 Å². The molecule has 0 radical (unpaired) electrons. The zero-order valence-electron chi connectivity index (χ0n) is 11.8. The average Bonchev–Trinajstić information content (AvgIpc) is 3.15. The number of nitrogens with zero attached hydrogens (tertiary/aromatic N) is 1. The van der Waals surface area contributed by atoms with Gasteiger partial charge in [-0.25, -0.2) is 4.98 Å². The average molecular weight is 349 g/mol. The van der Waals surface area contributed by atoms with Gasteiger partial charge in [0.05, 0.1) is 4.88 Å². The van der Waals surface area contributed by atoms with Crippen LogP contribution in [-0.2, 0) is 6.54 Å². The lowest BCUT2D eigenvalue weighted by Gasteiger charge is -2.03. The highest BCUT2D eigenvalue weighted by Gasteiger charge is 2.12. The first-order valence-corrected chi connectivity index (χ1v) is 8.74. The molecule has 6 heteroatoms. The largest absolute Gasteiger partial charge is 0.347 e. The lowest BCUT2D eigenvalue weighted by molar-refractivity contribution is 0.0946. The van der Waals surface area contributed by atoms with Crippen LogP contribution in [0.5, 0.6) is 0 Å². The monoisotopic (exact) mass is 348 g/mol. The molecule has 0 atom stereocenters. The van der Waals surface area contributed by atoms with Crippen molar-refractivity contribution in [3.05, 3.63) is 62.9 Å². The Morgan fingerprint density at radius 2 is 2.00 bits per heavy atom. The minimum atomic E-state index is -0.161. The predicted molar refractivity (Wildman–Crippen MR) is 92.8 cm³/mol. The number of hydrogen-bond acceptors (Lipinski definition) is 4. The number of hydrogen-bond donors (Lipinski definition) is 1. The molecule has 1 N–H and O–H groups in total. The van der Waals surface area contributed by atoms with E-state index in [-0.39, 0.29) is 5.91 Å². The van der Waals surface area contributed by atoms with Crippen LogP contribution in [-0.4, -0.2) is 10.9 Å². The second-order valence-corrected chi connectivity index (χ2v) is 7.34. The summed E-state index contributed by atoms with van der Waals surface area (Å²) in [6.07, 6.45) is 0. The van der Waals surface area contributed by atoms with Crippen molar-refractivity contribution in [1.82, 2.24) is 10.3 Å². The van der Waals surface area contributed by atoms with Gasteiger partial charge in [0.1, 0.15) is 10.7 Å². The van der Waals surface area contributed by atoms with Crippen LogP contribution in [0.2, 0.25) is 5.02 Å². The van der Waals surface area contributed by atoms with Gasteiger partial charge >= 0.3 is 0 Å². The number of thiophene rings is 1. The molecule has 0 unspecified atom stereocenters. The van der Waals surface area contributed by atoms with Crippen molar-refractivity contribution in [3.8, 4) is 9.88 Å². The molecule has 1 amide bonds. The Bertz CT molecular complexity index is 793. The molecule has 0 aliphatic rings. The standard InChI is InChI=1S/C16H13ClN2OS2/c1-10-2-7-14(22-10)16-19-13(9-21-16)15(20)18-8-11-3-5-12(17)6-4-11/h2-7,9H,8H2,1H3,(H,18,20). The molecule has 0 saturated heterocycles. The highest BCUT2D eigenvalue weighted by molar-refractivity contribution is 7.21. The zero-order valence-corrected chi connectivity index (χ0v) is 14.2. The van der Waals surface area contributed by atoms with E-state index in [1.807, 2.05) is 30.3 Å². The van der Waals surface area contributed by atoms with Gasteiger partial charge in [-0.1, -0.05) is 23.7 Å². The summed E-state index contributed by atoms with van der Waals surface area (Å²) in [6.45, 7) is 2.52. The quantitative estimate of drug-likeness (QED) is 0.738. The van der Waals surface area contributed by atoms with Gasteiger partial charge in [-0.2, -0.15) is 0 Å². The summed E-state index contributed by atoms with van der Waals surface area (Å²) < 4.78 is 0. The summed E-state index contributed by atoms with van der Waals surface area (Å²) in [7, 11) is 0. The number of rotatable bonds is 4. The fourth-order valence-corrected chi connectivity index (χ4v) is 3.78. The highest BCUT2D eigenvalue weighted by Crippen LogP contribution is 2.30. The summed E-state index contributed by atoms with van der Waals surface area (Å²) >= 11 is 9.01. The lowest BCUT2D eigenvalue weighted by Crippen LogP contribution is -2.23. The van der Waals surface area contributed by atoms with Gasteiger partial charge in [-0.15, -0.1) is 22.7 Å². The molecular weight excluding hydrogens is 336 g/mol. The lowest BCUT2D eigenvalue weighted by atomic mass is 10.2. The topological polar surface area (TPSA) is 42.0 Å². The summed E-state index contributed by atoms with van der Waals surface area (Å²) in [5, 5.41) is 6.23. The third-order valence-electron chi connectivity index (χ3n) is 3.05. The van der Waals surface area contributed by atoms with Crippen molar-refractivity contribution >= 4 is 40.2 Å². The Kier molecular flexibility index (Phi) is 4.57. The van der Waals surface area contributed by atoms with Gasteiger partial charge in [0.25, 0.3) is 5.91 Å². The van der Waals surface area contributed by atoms with E-state index in [4.69, 9.17) is 11.6 Å². The van der Waals surface area contributed by atoms with Crippen molar-refractivity contribution in [3.63, 3.8) is 0 Å². The van der Waals surface area contributed by atoms with E-state index < -0.39 is 0 Å². The van der Waals surface area contributed by atoms with Gasteiger partial charge in [-0.05, 0) is 36.8 Å². The fourth-order valence-electron chi connectivity index (χ4n) is 1.92. The van der Waals surface area contributed by atoms with Crippen LogP contribution in [0.15, 0.2) is 41.8 Å². The fraction of sp³-hybridized carbons (Fsp3) is 0.125. The second kappa shape index (κ2) is 6.60. The van der Waals surface area contributed by atoms with Crippen LogP contribution in [0.25, 0.3) is 9.88 Å². The maximum Gasteiger partial charge on any atom is 0.271 e. The van der Waals surface area contributed by atoms with E-state index in [0.29, 0.717) is 17.3 Å². The summed E-state index contributed by atoms with van der Waals surface area (Å²) in [5.41, 5.74) is 1.46. The van der Waals surface area contributed by atoms with Gasteiger partial charge < -0.3 is 5.32 Å². The highest BCUT2D eigenvalue weighted by atomic mass is 35.5. The van der Waals surface area contributed by atoms with Crippen LogP contribution >= 0.6 is 34.3 Å². The molecule has 0 bridgehead atoms. The smallest absolute Gasteiger partial charge is 0.271 e. The normalized spacial score (nSPS) is 10.6. The van der Waals surface area contributed by atoms with Gasteiger partial charge in [0.2, 0.25) is 0 Å². The molecule has 0 aliphatic heterocycles. The summed E-state index contributed by atoms with van der Waals surface area (Å²) in [4.78, 5) is 18.9. The van der Waals surface area contributed by atoms with E-state index in [1.165, 1.54) is 16.2 Å². The zero-order chi connectivity index (χ0) is 15.5. The Balaban J connectivity index is 1.65. The van der Waals surface area contributed by atoms with Crippen molar-refractivity contribution in [2.24, 2.45) is 0 Å². The van der Waals surface area contributed by atoms with Crippen molar-refractivity contribution < 1.29 is 4.79 Å². The molecular formula is C16H13ClN2OS2. The molecule has 1 aromatic carbocycles. The van der Waals surface area contributed by atoms with Crippen LogP contribution in [0, 0.1) is 6.92 Å². The van der Waals surface area contributed by atoms with Crippen molar-refractivity contribution in [2.75, 3.05) is 0 Å². The molecule has 22 heavy (non-hydrogen) atoms. The maximum absolute atomic E-state index is 12.1. The van der Waals surface area contributed by atoms with E-state index in [9.17, 15) is 4.79 Å². The minimum absolute atomic E-state index is 0.161. The molecule has 0 fully saturated rings. The van der Waals surface area contributed by atoms with Gasteiger partial charge in [0, 0.05) is 21.8 Å². The molecule has 3 aromatic rings. The molecule has 0 aliphatic carbocycles. The number of halogens is 1. The Hall–Kier alpha value is -1.69. The summed E-state index contributed by atoms with van der Waals surface area (Å²) in [5.74, 6) is -0.161. The Morgan fingerprint density at radius 3 is 2.68 bits per heavy atom. The van der Waals surface area contributed by atoms with Crippen molar-refractivity contribution in [2.45, 2.75) is 13.5 Å². The number of amides is 1. The first kappa shape index (κ1) is 15.2. The van der Waals surface area contributed by atoms with Gasteiger partial charge in [0.15, 0.2) is 0 Å². The first-order valence-electron chi connectivity index (χ1n) is 6.67. The molecule has 3 rings (SSSR count). The predicted octanol–water partition coefficient (Wildman–Crippen LogP) is 4.76. The summed E-state index contributed by atoms with van der Waals surface area (Å²) in [6, 6.07) is 11.5. The van der Waals surface area contributed by atoms with Crippen LogP contribution in [0.4, 0.5) is 0 Å².